The lowest BCUT2D eigenvalue weighted by Crippen LogP contribution is -2.38. The molecule has 2 atom stereocenters. The van der Waals surface area contributed by atoms with Crippen molar-refractivity contribution in [2.45, 2.75) is 31.8 Å². The van der Waals surface area contributed by atoms with E-state index in [1.807, 2.05) is 12.1 Å². The highest BCUT2D eigenvalue weighted by Gasteiger charge is 2.50. The van der Waals surface area contributed by atoms with Crippen LogP contribution in [-0.2, 0) is 11.2 Å². The minimum absolute atomic E-state index is 0.0744. The lowest BCUT2D eigenvalue weighted by molar-refractivity contribution is 0.000587. The Labute approximate surface area is 113 Å². The quantitative estimate of drug-likeness (QED) is 0.908. The molecule has 1 aliphatic heterocycles. The number of benzene rings is 1. The van der Waals surface area contributed by atoms with Crippen LogP contribution >= 0.6 is 11.6 Å². The van der Waals surface area contributed by atoms with E-state index in [1.165, 1.54) is 18.4 Å². The highest BCUT2D eigenvalue weighted by molar-refractivity contribution is 6.30. The number of aliphatic hydroxyl groups excluding tert-OH is 1. The average Bonchev–Trinajstić information content (AvgIpc) is 3.14. The van der Waals surface area contributed by atoms with Crippen molar-refractivity contribution in [1.29, 1.82) is 0 Å². The number of halogens is 1. The summed E-state index contributed by atoms with van der Waals surface area (Å²) in [7, 11) is 0. The molecule has 1 heterocycles. The zero-order chi connectivity index (χ0) is 12.6. The van der Waals surface area contributed by atoms with E-state index >= 15 is 0 Å². The molecular formula is C15H19ClO2. The topological polar surface area (TPSA) is 29.5 Å². The van der Waals surface area contributed by atoms with Gasteiger partial charge in [0, 0.05) is 17.0 Å². The second kappa shape index (κ2) is 4.84. The van der Waals surface area contributed by atoms with Crippen LogP contribution in [0, 0.1) is 11.3 Å². The molecule has 1 saturated carbocycles. The molecule has 1 aliphatic carbocycles. The molecule has 1 N–H and O–H groups in total. The first kappa shape index (κ1) is 12.5. The molecule has 1 aromatic carbocycles. The molecule has 1 saturated heterocycles. The van der Waals surface area contributed by atoms with Gasteiger partial charge in [-0.15, -0.1) is 0 Å². The molecular weight excluding hydrogens is 248 g/mol. The van der Waals surface area contributed by atoms with E-state index in [0.29, 0.717) is 5.92 Å². The number of hydrogen-bond donors (Lipinski definition) is 1. The summed E-state index contributed by atoms with van der Waals surface area (Å²) in [6, 6.07) is 7.96. The van der Waals surface area contributed by atoms with E-state index < -0.39 is 0 Å². The second-order valence-corrected chi connectivity index (χ2v) is 6.14. The minimum Gasteiger partial charge on any atom is -0.396 e. The van der Waals surface area contributed by atoms with Gasteiger partial charge in [0.25, 0.3) is 0 Å². The highest BCUT2D eigenvalue weighted by Crippen LogP contribution is 2.49. The molecule has 0 amide bonds. The van der Waals surface area contributed by atoms with Gasteiger partial charge in [-0.2, -0.15) is 0 Å². The third-order valence-electron chi connectivity index (χ3n) is 4.34. The summed E-state index contributed by atoms with van der Waals surface area (Å²) < 4.78 is 5.89. The Morgan fingerprint density at radius 3 is 2.61 bits per heavy atom. The molecule has 3 rings (SSSR count). The standard InChI is InChI=1S/C15H19ClO2/c16-13-5-1-11(2-6-13)9-15(10-17)7-8-18-14(15)12-3-4-12/h1-2,5-6,12,14,17H,3-4,7-10H2. The Bertz CT molecular complexity index is 413. The van der Waals surface area contributed by atoms with Crippen molar-refractivity contribution >= 4 is 11.6 Å². The van der Waals surface area contributed by atoms with Crippen LogP contribution in [0.25, 0.3) is 0 Å². The molecule has 0 spiro atoms. The molecule has 3 heteroatoms. The predicted octanol–water partition coefficient (Wildman–Crippen LogP) is 3.06. The first-order valence-electron chi connectivity index (χ1n) is 6.70. The molecule has 1 aromatic rings. The SMILES string of the molecule is OCC1(Cc2ccc(Cl)cc2)CCOC1C1CC1. The van der Waals surface area contributed by atoms with Gasteiger partial charge in [-0.05, 0) is 49.3 Å². The maximum atomic E-state index is 9.87. The number of aliphatic hydroxyl groups is 1. The molecule has 98 valence electrons. The third kappa shape index (κ3) is 2.29. The summed E-state index contributed by atoms with van der Waals surface area (Å²) in [4.78, 5) is 0. The number of ether oxygens (including phenoxy) is 1. The maximum Gasteiger partial charge on any atom is 0.0685 e. The van der Waals surface area contributed by atoms with Crippen LogP contribution in [0.5, 0.6) is 0 Å². The van der Waals surface area contributed by atoms with Gasteiger partial charge in [0.15, 0.2) is 0 Å². The zero-order valence-electron chi connectivity index (χ0n) is 10.4. The van der Waals surface area contributed by atoms with Crippen molar-refractivity contribution in [1.82, 2.24) is 0 Å². The average molecular weight is 267 g/mol. The van der Waals surface area contributed by atoms with Gasteiger partial charge in [-0.3, -0.25) is 0 Å². The summed E-state index contributed by atoms with van der Waals surface area (Å²) in [5, 5.41) is 10.6. The summed E-state index contributed by atoms with van der Waals surface area (Å²) in [6.07, 6.45) is 4.62. The Kier molecular flexibility index (Phi) is 3.35. The normalized spacial score (nSPS) is 31.8. The van der Waals surface area contributed by atoms with Crippen LogP contribution < -0.4 is 0 Å². The van der Waals surface area contributed by atoms with Gasteiger partial charge >= 0.3 is 0 Å². The molecule has 0 aromatic heterocycles. The lowest BCUT2D eigenvalue weighted by atomic mass is 9.75. The summed E-state index contributed by atoms with van der Waals surface area (Å²) in [6.45, 7) is 1.01. The van der Waals surface area contributed by atoms with Crippen LogP contribution in [0.15, 0.2) is 24.3 Å². The summed E-state index contributed by atoms with van der Waals surface area (Å²) >= 11 is 5.91. The zero-order valence-corrected chi connectivity index (χ0v) is 11.2. The Morgan fingerprint density at radius 2 is 2.00 bits per heavy atom. The summed E-state index contributed by atoms with van der Waals surface area (Å²) in [5.41, 5.74) is 1.17. The van der Waals surface area contributed by atoms with Gasteiger partial charge < -0.3 is 9.84 Å². The van der Waals surface area contributed by atoms with Gasteiger partial charge in [0.1, 0.15) is 0 Å². The largest absolute Gasteiger partial charge is 0.396 e. The third-order valence-corrected chi connectivity index (χ3v) is 4.59. The molecule has 18 heavy (non-hydrogen) atoms. The van der Waals surface area contributed by atoms with Gasteiger partial charge in [-0.1, -0.05) is 23.7 Å². The van der Waals surface area contributed by atoms with Crippen LogP contribution in [0.2, 0.25) is 5.02 Å². The van der Waals surface area contributed by atoms with E-state index in [0.717, 1.165) is 24.5 Å². The molecule has 2 nitrogen and oxygen atoms in total. The van der Waals surface area contributed by atoms with E-state index in [2.05, 4.69) is 12.1 Å². The van der Waals surface area contributed by atoms with E-state index in [9.17, 15) is 5.11 Å². The Balaban J connectivity index is 1.80. The fraction of sp³-hybridized carbons (Fsp3) is 0.600. The van der Waals surface area contributed by atoms with Gasteiger partial charge in [-0.25, -0.2) is 0 Å². The van der Waals surface area contributed by atoms with Crippen LogP contribution in [-0.4, -0.2) is 24.4 Å². The van der Waals surface area contributed by atoms with E-state index in [1.54, 1.807) is 0 Å². The first-order valence-corrected chi connectivity index (χ1v) is 7.08. The van der Waals surface area contributed by atoms with Crippen molar-refractivity contribution in [3.05, 3.63) is 34.9 Å². The summed E-state index contributed by atoms with van der Waals surface area (Å²) in [5.74, 6) is 0.673. The Morgan fingerprint density at radius 1 is 1.28 bits per heavy atom. The van der Waals surface area contributed by atoms with Crippen LogP contribution in [0.4, 0.5) is 0 Å². The van der Waals surface area contributed by atoms with Crippen LogP contribution in [0.3, 0.4) is 0 Å². The fourth-order valence-corrected chi connectivity index (χ4v) is 3.29. The lowest BCUT2D eigenvalue weighted by Gasteiger charge is -2.32. The number of rotatable bonds is 4. The smallest absolute Gasteiger partial charge is 0.0685 e. The monoisotopic (exact) mass is 266 g/mol. The van der Waals surface area contributed by atoms with Crippen molar-refractivity contribution < 1.29 is 9.84 Å². The molecule has 2 aliphatic rings. The van der Waals surface area contributed by atoms with Crippen molar-refractivity contribution in [2.24, 2.45) is 11.3 Å². The van der Waals surface area contributed by atoms with E-state index in [4.69, 9.17) is 16.3 Å². The fourth-order valence-electron chi connectivity index (χ4n) is 3.17. The predicted molar refractivity (Wildman–Crippen MR) is 71.8 cm³/mol. The van der Waals surface area contributed by atoms with E-state index in [-0.39, 0.29) is 18.1 Å². The van der Waals surface area contributed by atoms with Crippen molar-refractivity contribution in [3.8, 4) is 0 Å². The first-order chi connectivity index (χ1) is 8.73. The minimum atomic E-state index is -0.0744. The molecule has 2 unspecified atom stereocenters. The highest BCUT2D eigenvalue weighted by atomic mass is 35.5. The molecule has 0 bridgehead atoms. The van der Waals surface area contributed by atoms with Gasteiger partial charge in [0.05, 0.1) is 12.7 Å². The molecule has 0 radical (unpaired) electrons. The van der Waals surface area contributed by atoms with Crippen molar-refractivity contribution in [3.63, 3.8) is 0 Å². The second-order valence-electron chi connectivity index (χ2n) is 5.70. The van der Waals surface area contributed by atoms with Gasteiger partial charge in [0.2, 0.25) is 0 Å². The van der Waals surface area contributed by atoms with Crippen LogP contribution in [0.1, 0.15) is 24.8 Å². The number of hydrogen-bond acceptors (Lipinski definition) is 2. The Hall–Kier alpha value is -0.570. The molecule has 2 fully saturated rings. The van der Waals surface area contributed by atoms with Crippen molar-refractivity contribution in [2.75, 3.05) is 13.2 Å². The maximum absolute atomic E-state index is 9.87.